The van der Waals surface area contributed by atoms with Crippen LogP contribution in [-0.4, -0.2) is 132 Å². The summed E-state index contributed by atoms with van der Waals surface area (Å²) in [6.07, 6.45) is 5.12. The van der Waals surface area contributed by atoms with E-state index in [1.807, 2.05) is 0 Å². The highest BCUT2D eigenvalue weighted by atomic mass is 28.4. The zero-order valence-corrected chi connectivity index (χ0v) is 32.6. The molecule has 5 unspecified atom stereocenters. The lowest BCUT2D eigenvalue weighted by molar-refractivity contribution is 0.0338. The first-order valence-electron chi connectivity index (χ1n) is 16.7. The molecule has 0 bridgehead atoms. The molecule has 14 heteroatoms. The van der Waals surface area contributed by atoms with Gasteiger partial charge in [0.2, 0.25) is 0 Å². The number of aliphatic hydroxyl groups is 2. The van der Waals surface area contributed by atoms with E-state index >= 15 is 0 Å². The summed E-state index contributed by atoms with van der Waals surface area (Å²) in [6, 6.07) is 1.97. The van der Waals surface area contributed by atoms with Crippen LogP contribution >= 0.6 is 0 Å². The Labute approximate surface area is 277 Å². The minimum Gasteiger partial charge on any atom is -0.390 e. The van der Waals surface area contributed by atoms with Gasteiger partial charge >= 0.3 is 17.6 Å². The second-order valence-electron chi connectivity index (χ2n) is 12.5. The minimum absolute atomic E-state index is 0.296. The van der Waals surface area contributed by atoms with E-state index in [0.717, 1.165) is 19.3 Å². The van der Waals surface area contributed by atoms with Gasteiger partial charge in [-0.15, -0.1) is 0 Å². The summed E-state index contributed by atoms with van der Waals surface area (Å²) in [4.78, 5) is 9.87. The van der Waals surface area contributed by atoms with Gasteiger partial charge in [0.1, 0.15) is 0 Å². The largest absolute Gasteiger partial charge is 0.500 e. The number of hydrogen-bond donors (Lipinski definition) is 5. The van der Waals surface area contributed by atoms with Crippen LogP contribution in [0.4, 0.5) is 0 Å². The standard InChI is InChI=1S/C16H37NO5Si.C15H35NO5Si/c1-6-8-14(2)11-15(3)17-12-16(18)13-22-9-7-10-23(19,20-4)21-5;1-13(2)10-14(3)16-11-15(17)12-21-8-7-9-22(18-4,19-5)20-6/h14-19H,6-13H2,1-5H3;13-17H,7-12H2,1-6H3. The fourth-order valence-electron chi connectivity index (χ4n) is 4.95. The van der Waals surface area contributed by atoms with Gasteiger partial charge in [-0.1, -0.05) is 40.5 Å². The van der Waals surface area contributed by atoms with Crippen molar-refractivity contribution in [3.63, 3.8) is 0 Å². The van der Waals surface area contributed by atoms with Crippen LogP contribution in [0.1, 0.15) is 80.1 Å². The predicted octanol–water partition coefficient (Wildman–Crippen LogP) is 3.44. The Hall–Kier alpha value is -0.0462. The van der Waals surface area contributed by atoms with Crippen molar-refractivity contribution in [2.45, 2.75) is 116 Å². The molecule has 0 amide bonds. The van der Waals surface area contributed by atoms with E-state index in [-0.39, 0.29) is 0 Å². The third kappa shape index (κ3) is 26.6. The van der Waals surface area contributed by atoms with Crippen molar-refractivity contribution in [2.75, 3.05) is 75.1 Å². The molecule has 0 rings (SSSR count). The molecule has 45 heavy (non-hydrogen) atoms. The van der Waals surface area contributed by atoms with Gasteiger partial charge in [-0.25, -0.2) is 0 Å². The Morgan fingerprint density at radius 2 is 1.09 bits per heavy atom. The maximum absolute atomic E-state index is 9.91. The smallest absolute Gasteiger partial charge is 0.390 e. The summed E-state index contributed by atoms with van der Waals surface area (Å²) in [7, 11) is 2.24. The third-order valence-electron chi connectivity index (χ3n) is 7.51. The van der Waals surface area contributed by atoms with Crippen molar-refractivity contribution >= 4 is 17.6 Å². The molecule has 0 aliphatic carbocycles. The van der Waals surface area contributed by atoms with Gasteiger partial charge < -0.3 is 57.2 Å². The van der Waals surface area contributed by atoms with Crippen molar-refractivity contribution in [1.82, 2.24) is 10.6 Å². The number of rotatable bonds is 29. The Bertz CT molecular complexity index is 641. The summed E-state index contributed by atoms with van der Waals surface area (Å²) >= 11 is 0. The number of ether oxygens (including phenoxy) is 2. The lowest BCUT2D eigenvalue weighted by Crippen LogP contribution is -2.42. The summed E-state index contributed by atoms with van der Waals surface area (Å²) in [5.41, 5.74) is 0. The lowest BCUT2D eigenvalue weighted by Gasteiger charge is -2.24. The molecule has 0 aromatic carbocycles. The van der Waals surface area contributed by atoms with Crippen LogP contribution in [0.2, 0.25) is 12.1 Å². The van der Waals surface area contributed by atoms with Crippen LogP contribution in [0.3, 0.4) is 0 Å². The van der Waals surface area contributed by atoms with Crippen LogP contribution in [0.15, 0.2) is 0 Å². The maximum atomic E-state index is 9.91. The van der Waals surface area contributed by atoms with E-state index in [2.05, 4.69) is 52.2 Å². The van der Waals surface area contributed by atoms with Crippen LogP contribution < -0.4 is 10.6 Å². The quantitative estimate of drug-likeness (QED) is 0.0579. The highest BCUT2D eigenvalue weighted by Gasteiger charge is 2.37. The number of hydrogen-bond acceptors (Lipinski definition) is 12. The van der Waals surface area contributed by atoms with Crippen molar-refractivity contribution in [3.8, 4) is 0 Å². The molecule has 0 saturated carbocycles. The Morgan fingerprint density at radius 3 is 1.49 bits per heavy atom. The van der Waals surface area contributed by atoms with Crippen molar-refractivity contribution in [1.29, 1.82) is 0 Å². The fourth-order valence-corrected chi connectivity index (χ4v) is 7.81. The van der Waals surface area contributed by atoms with Crippen LogP contribution in [0.5, 0.6) is 0 Å². The molecule has 0 heterocycles. The molecule has 0 radical (unpaired) electrons. The van der Waals surface area contributed by atoms with E-state index in [9.17, 15) is 15.0 Å². The monoisotopic (exact) mass is 688 g/mol. The molecule has 0 saturated heterocycles. The summed E-state index contributed by atoms with van der Waals surface area (Å²) in [5.74, 6) is 1.36. The Morgan fingerprint density at radius 1 is 0.644 bits per heavy atom. The van der Waals surface area contributed by atoms with Gasteiger partial charge in [0.05, 0.1) is 25.4 Å². The zero-order valence-electron chi connectivity index (χ0n) is 30.6. The minimum atomic E-state index is -2.98. The van der Waals surface area contributed by atoms with Gasteiger partial charge in [-0.3, -0.25) is 0 Å². The van der Waals surface area contributed by atoms with Gasteiger partial charge in [0.15, 0.2) is 0 Å². The topological polar surface area (TPSA) is 149 Å². The highest BCUT2D eigenvalue weighted by molar-refractivity contribution is 6.60. The van der Waals surface area contributed by atoms with Crippen LogP contribution in [0.25, 0.3) is 0 Å². The van der Waals surface area contributed by atoms with Gasteiger partial charge in [-0.05, 0) is 51.4 Å². The molecular weight excluding hydrogens is 617 g/mol. The van der Waals surface area contributed by atoms with Crippen LogP contribution in [-0.2, 0) is 31.6 Å². The molecule has 5 atom stereocenters. The molecule has 274 valence electrons. The van der Waals surface area contributed by atoms with Crippen LogP contribution in [0, 0.1) is 11.8 Å². The SMILES string of the molecule is CCCC(C)CC(C)NCC(O)COCCC[Si](O)(OC)OC.CO[Si](CCCOCC(O)CNC(C)CC(C)C)(OC)OC. The average molecular weight is 689 g/mol. The Balaban J connectivity index is 0. The molecule has 0 spiro atoms. The summed E-state index contributed by atoms with van der Waals surface area (Å²) in [5, 5.41) is 26.5. The fraction of sp³-hybridized carbons (Fsp3) is 1.00. The van der Waals surface area contributed by atoms with Crippen molar-refractivity contribution in [2.24, 2.45) is 11.8 Å². The molecule has 0 aromatic rings. The average Bonchev–Trinajstić information content (AvgIpc) is 3.01. The van der Waals surface area contributed by atoms with E-state index < -0.39 is 29.8 Å². The van der Waals surface area contributed by atoms with E-state index in [1.54, 1.807) is 21.3 Å². The van der Waals surface area contributed by atoms with Gasteiger partial charge in [0.25, 0.3) is 0 Å². The Kier molecular flexibility index (Phi) is 30.3. The van der Waals surface area contributed by atoms with E-state index in [0.29, 0.717) is 81.9 Å². The first-order chi connectivity index (χ1) is 21.2. The normalized spacial score (nSPS) is 15.8. The van der Waals surface area contributed by atoms with E-state index in [4.69, 9.17) is 31.6 Å². The molecule has 0 aromatic heterocycles. The van der Waals surface area contributed by atoms with Crippen molar-refractivity contribution < 1.29 is 46.6 Å². The summed E-state index contributed by atoms with van der Waals surface area (Å²) in [6.45, 7) is 15.9. The second kappa shape index (κ2) is 28.9. The van der Waals surface area contributed by atoms with E-state index in [1.165, 1.54) is 27.1 Å². The van der Waals surface area contributed by atoms with Gasteiger partial charge in [-0.2, -0.15) is 0 Å². The lowest BCUT2D eigenvalue weighted by atomic mass is 9.98. The first kappa shape index (κ1) is 47.1. The number of nitrogens with one attached hydrogen (secondary N) is 2. The zero-order chi connectivity index (χ0) is 34.7. The maximum Gasteiger partial charge on any atom is 0.500 e. The number of aliphatic hydroxyl groups excluding tert-OH is 2. The third-order valence-corrected chi connectivity index (χ3v) is 12.6. The molecule has 0 fully saturated rings. The molecule has 0 aliphatic heterocycles. The molecule has 5 N–H and O–H groups in total. The predicted molar refractivity (Wildman–Crippen MR) is 184 cm³/mol. The first-order valence-corrected chi connectivity index (χ1v) is 20.6. The molecule has 12 nitrogen and oxygen atoms in total. The summed E-state index contributed by atoms with van der Waals surface area (Å²) < 4.78 is 36.9. The molecular formula is C31H72N2O10Si2. The second-order valence-corrected chi connectivity index (χ2v) is 18.3. The van der Waals surface area contributed by atoms with Crippen molar-refractivity contribution in [3.05, 3.63) is 0 Å². The molecule has 0 aliphatic rings. The highest BCUT2D eigenvalue weighted by Crippen LogP contribution is 2.15. The van der Waals surface area contributed by atoms with Gasteiger partial charge in [0, 0.05) is 86.0 Å².